The summed E-state index contributed by atoms with van der Waals surface area (Å²) in [6, 6.07) is 6.67. The van der Waals surface area contributed by atoms with Gasteiger partial charge in [-0.15, -0.1) is 0 Å². The normalized spacial score (nSPS) is 11.5. The first-order chi connectivity index (χ1) is 12.5. The van der Waals surface area contributed by atoms with Gasteiger partial charge < -0.3 is 19.9 Å². The number of primary amides is 1. The van der Waals surface area contributed by atoms with Gasteiger partial charge in [-0.25, -0.2) is 14.5 Å². The van der Waals surface area contributed by atoms with E-state index in [1.54, 1.807) is 65.0 Å². The number of hydrogen-bond donors (Lipinski definition) is 1. The number of carbonyl (C=O) groups excluding carboxylic acids is 3. The summed E-state index contributed by atoms with van der Waals surface area (Å²) in [6.45, 7) is 7.87. The molecule has 1 rings (SSSR count). The number of rotatable bonds is 6. The van der Waals surface area contributed by atoms with Crippen LogP contribution in [0.3, 0.4) is 0 Å². The minimum absolute atomic E-state index is 0.167. The lowest BCUT2D eigenvalue weighted by atomic mass is 10.2. The van der Waals surface area contributed by atoms with Gasteiger partial charge in [0.25, 0.3) is 5.91 Å². The maximum absolute atomic E-state index is 12.5. The van der Waals surface area contributed by atoms with Crippen LogP contribution < -0.4 is 10.5 Å². The predicted molar refractivity (Wildman–Crippen MR) is 98.8 cm³/mol. The molecule has 0 bridgehead atoms. The maximum atomic E-state index is 12.5. The Hall–Kier alpha value is -3.03. The van der Waals surface area contributed by atoms with Gasteiger partial charge in [0, 0.05) is 5.56 Å². The number of carbonyl (C=O) groups is 3. The Kier molecular flexibility index (Phi) is 7.83. The van der Waals surface area contributed by atoms with Crippen molar-refractivity contribution in [2.45, 2.75) is 46.8 Å². The smallest absolute Gasteiger partial charge is 0.424 e. The van der Waals surface area contributed by atoms with Gasteiger partial charge in [-0.05, 0) is 46.8 Å². The minimum Gasteiger partial charge on any atom is -0.483 e. The molecule has 0 saturated heterocycles. The first-order valence-corrected chi connectivity index (χ1v) is 8.37. The molecule has 148 valence electrons. The van der Waals surface area contributed by atoms with E-state index in [2.05, 4.69) is 0 Å². The van der Waals surface area contributed by atoms with Crippen LogP contribution in [-0.2, 0) is 20.8 Å². The highest BCUT2D eigenvalue weighted by Crippen LogP contribution is 2.22. The van der Waals surface area contributed by atoms with E-state index in [0.717, 1.165) is 4.90 Å². The van der Waals surface area contributed by atoms with Crippen molar-refractivity contribution < 1.29 is 28.6 Å². The van der Waals surface area contributed by atoms with E-state index >= 15 is 0 Å². The molecule has 0 aromatic heterocycles. The monoisotopic (exact) mass is 378 g/mol. The molecule has 0 aliphatic rings. The topological polar surface area (TPSA) is 108 Å². The molecule has 0 aliphatic carbocycles. The van der Waals surface area contributed by atoms with Gasteiger partial charge in [0.15, 0.2) is 6.61 Å². The zero-order valence-electron chi connectivity index (χ0n) is 16.3. The molecule has 1 aromatic rings. The van der Waals surface area contributed by atoms with E-state index in [9.17, 15) is 14.4 Å². The zero-order chi connectivity index (χ0) is 20.6. The summed E-state index contributed by atoms with van der Waals surface area (Å²) in [5.41, 5.74) is 4.79. The van der Waals surface area contributed by atoms with Crippen LogP contribution in [0.2, 0.25) is 0 Å². The minimum atomic E-state index is -0.885. The number of nitrogens with zero attached hydrogens (tertiary/aromatic N) is 1. The summed E-state index contributed by atoms with van der Waals surface area (Å²) < 4.78 is 15.8. The summed E-state index contributed by atoms with van der Waals surface area (Å²) in [7, 11) is 0. The molecule has 27 heavy (non-hydrogen) atoms. The van der Waals surface area contributed by atoms with Crippen molar-refractivity contribution in [3.63, 3.8) is 0 Å². The molecule has 0 atom stereocenters. The van der Waals surface area contributed by atoms with Gasteiger partial charge in [0.1, 0.15) is 17.1 Å². The predicted octanol–water partition coefficient (Wildman–Crippen LogP) is 3.35. The number of nitrogens with two attached hydrogens (primary N) is 1. The summed E-state index contributed by atoms with van der Waals surface area (Å²) in [5.74, 6) is 0.0177. The van der Waals surface area contributed by atoms with Gasteiger partial charge in [0.2, 0.25) is 0 Å². The van der Waals surface area contributed by atoms with Crippen LogP contribution in [0.15, 0.2) is 36.1 Å². The molecule has 8 nitrogen and oxygen atoms in total. The second-order valence-electron chi connectivity index (χ2n) is 6.70. The molecular weight excluding hydrogens is 352 g/mol. The largest absolute Gasteiger partial charge is 0.483 e. The summed E-state index contributed by atoms with van der Waals surface area (Å²) in [5, 5.41) is 0. The second kappa shape index (κ2) is 9.61. The van der Waals surface area contributed by atoms with E-state index in [4.69, 9.17) is 19.9 Å². The highest BCUT2D eigenvalue weighted by molar-refractivity contribution is 5.88. The average Bonchev–Trinajstić information content (AvgIpc) is 2.56. The van der Waals surface area contributed by atoms with Crippen molar-refractivity contribution in [2.24, 2.45) is 5.73 Å². The third-order valence-electron chi connectivity index (χ3n) is 3.16. The number of ether oxygens (including phenoxy) is 3. The van der Waals surface area contributed by atoms with Crippen LogP contribution in [0.4, 0.5) is 9.59 Å². The number of para-hydroxylation sites is 1. The van der Waals surface area contributed by atoms with Crippen LogP contribution in [0.1, 0.15) is 40.2 Å². The van der Waals surface area contributed by atoms with Crippen molar-refractivity contribution in [2.75, 3.05) is 6.61 Å². The Balaban J connectivity index is 3.11. The van der Waals surface area contributed by atoms with E-state index in [1.165, 1.54) is 0 Å². The second-order valence-corrected chi connectivity index (χ2v) is 6.70. The lowest BCUT2D eigenvalue weighted by molar-refractivity contribution is -0.119. The van der Waals surface area contributed by atoms with Crippen molar-refractivity contribution in [1.29, 1.82) is 0 Å². The Labute approximate surface area is 158 Å². The lowest BCUT2D eigenvalue weighted by Gasteiger charge is -2.26. The molecular formula is C19H26N2O6. The van der Waals surface area contributed by atoms with Crippen LogP contribution in [0.25, 0.3) is 0 Å². The third kappa shape index (κ3) is 7.81. The van der Waals surface area contributed by atoms with E-state index in [-0.39, 0.29) is 13.2 Å². The Bertz CT molecular complexity index is 721. The SMILES string of the molecule is C/C=C(\C)OC(=O)N(Cc1ccccc1OCC(N)=O)C(=O)OC(C)(C)C. The van der Waals surface area contributed by atoms with Crippen LogP contribution >= 0.6 is 0 Å². The fraction of sp³-hybridized carbons (Fsp3) is 0.421. The van der Waals surface area contributed by atoms with Gasteiger partial charge in [-0.3, -0.25) is 4.79 Å². The van der Waals surface area contributed by atoms with Crippen molar-refractivity contribution in [3.8, 4) is 5.75 Å². The maximum Gasteiger partial charge on any atom is 0.424 e. The van der Waals surface area contributed by atoms with E-state index in [1.807, 2.05) is 0 Å². The number of hydrogen-bond acceptors (Lipinski definition) is 6. The Morgan fingerprint density at radius 1 is 1.15 bits per heavy atom. The lowest BCUT2D eigenvalue weighted by Crippen LogP contribution is -2.40. The zero-order valence-corrected chi connectivity index (χ0v) is 16.3. The molecule has 0 aliphatic heterocycles. The van der Waals surface area contributed by atoms with E-state index in [0.29, 0.717) is 17.1 Å². The molecule has 2 N–H and O–H groups in total. The fourth-order valence-corrected chi connectivity index (χ4v) is 1.87. The van der Waals surface area contributed by atoms with Crippen molar-refractivity contribution in [1.82, 2.24) is 4.90 Å². The summed E-state index contributed by atoms with van der Waals surface area (Å²) in [6.07, 6.45) is -0.152. The molecule has 1 aromatic carbocycles. The van der Waals surface area contributed by atoms with Gasteiger partial charge in [0.05, 0.1) is 6.54 Å². The van der Waals surface area contributed by atoms with Crippen LogP contribution in [0, 0.1) is 0 Å². The molecule has 0 fully saturated rings. The summed E-state index contributed by atoms with van der Waals surface area (Å²) >= 11 is 0. The van der Waals surface area contributed by atoms with Crippen LogP contribution in [0.5, 0.6) is 5.75 Å². The molecule has 3 amide bonds. The molecule has 0 unspecified atom stereocenters. The summed E-state index contributed by atoms with van der Waals surface area (Å²) in [4.78, 5) is 36.8. The molecule has 8 heteroatoms. The molecule has 0 heterocycles. The van der Waals surface area contributed by atoms with E-state index < -0.39 is 23.7 Å². The third-order valence-corrected chi connectivity index (χ3v) is 3.16. The van der Waals surface area contributed by atoms with Gasteiger partial charge in [-0.2, -0.15) is 0 Å². The molecule has 0 spiro atoms. The quantitative estimate of drug-likeness (QED) is 0.761. The number of allylic oxidation sites excluding steroid dienone is 2. The van der Waals surface area contributed by atoms with Gasteiger partial charge >= 0.3 is 12.2 Å². The number of benzene rings is 1. The highest BCUT2D eigenvalue weighted by Gasteiger charge is 2.29. The molecule has 0 saturated carbocycles. The number of amides is 3. The van der Waals surface area contributed by atoms with Gasteiger partial charge in [-0.1, -0.05) is 18.2 Å². The first-order valence-electron chi connectivity index (χ1n) is 8.37. The van der Waals surface area contributed by atoms with Crippen molar-refractivity contribution in [3.05, 3.63) is 41.7 Å². The van der Waals surface area contributed by atoms with Crippen molar-refractivity contribution >= 4 is 18.1 Å². The average molecular weight is 378 g/mol. The number of imide groups is 1. The highest BCUT2D eigenvalue weighted by atomic mass is 16.6. The standard InChI is InChI=1S/C19H26N2O6/c1-6-13(2)26-17(23)21(18(24)27-19(3,4)5)11-14-9-7-8-10-15(14)25-12-16(20)22/h6-10H,11-12H2,1-5H3,(H2,20,22)/b13-6+. The fourth-order valence-electron chi connectivity index (χ4n) is 1.87. The Morgan fingerprint density at radius 2 is 1.78 bits per heavy atom. The van der Waals surface area contributed by atoms with Crippen LogP contribution in [-0.4, -0.2) is 35.2 Å². The first kappa shape index (κ1) is 22.0. The molecule has 0 radical (unpaired) electrons. The Morgan fingerprint density at radius 3 is 2.33 bits per heavy atom.